The number of benzene rings is 3. The fourth-order valence-electron chi connectivity index (χ4n) is 3.61. The van der Waals surface area contributed by atoms with Crippen LogP contribution in [0.4, 0.5) is 13.2 Å². The fourth-order valence-corrected chi connectivity index (χ4v) is 3.61. The molecule has 7 heteroatoms. The smallest absolute Gasteiger partial charge is 0.412 e. The Morgan fingerprint density at radius 1 is 0.906 bits per heavy atom. The van der Waals surface area contributed by atoms with E-state index in [0.717, 1.165) is 0 Å². The first-order valence-corrected chi connectivity index (χ1v) is 9.85. The molecule has 0 spiro atoms. The number of halogens is 3. The van der Waals surface area contributed by atoms with E-state index in [-0.39, 0.29) is 16.9 Å². The van der Waals surface area contributed by atoms with Crippen LogP contribution in [0, 0.1) is 0 Å². The Morgan fingerprint density at radius 2 is 1.50 bits per heavy atom. The first-order valence-electron chi connectivity index (χ1n) is 9.85. The molecule has 0 bridgehead atoms. The number of amides is 1. The predicted octanol–water partition coefficient (Wildman–Crippen LogP) is 5.94. The molecule has 3 aromatic carbocycles. The molecule has 32 heavy (non-hydrogen) atoms. The van der Waals surface area contributed by atoms with Gasteiger partial charge in [0.05, 0.1) is 18.2 Å². The largest absolute Gasteiger partial charge is 0.494 e. The van der Waals surface area contributed by atoms with Gasteiger partial charge in [-0.05, 0) is 11.6 Å². The Kier molecular flexibility index (Phi) is 5.81. The number of ether oxygens (including phenoxy) is 1. The van der Waals surface area contributed by atoms with Crippen molar-refractivity contribution < 1.29 is 22.7 Å². The van der Waals surface area contributed by atoms with E-state index in [9.17, 15) is 18.0 Å². The van der Waals surface area contributed by atoms with E-state index in [1.165, 1.54) is 31.4 Å². The van der Waals surface area contributed by atoms with E-state index in [4.69, 9.17) is 4.74 Å². The van der Waals surface area contributed by atoms with E-state index in [1.54, 1.807) is 54.6 Å². The van der Waals surface area contributed by atoms with Gasteiger partial charge in [0.2, 0.25) is 0 Å². The third-order valence-corrected chi connectivity index (χ3v) is 5.06. The van der Waals surface area contributed by atoms with Crippen LogP contribution in [0.5, 0.6) is 5.75 Å². The second-order valence-corrected chi connectivity index (χ2v) is 7.11. The normalized spacial score (nSPS) is 12.4. The highest BCUT2D eigenvalue weighted by Gasteiger charge is 2.42. The standard InChI is InChI=1S/C25H19F3N2O2/c1-32-22-20(24(31)30-23(25(26,27)28)17-12-6-3-7-13-17)18-14-8-9-15-19(18)29-21(22)16-10-4-2-5-11-16/h2-15,23H,1H3,(H,30,31)/t23-/m1/s1. The molecule has 1 atom stereocenters. The van der Waals surface area contributed by atoms with Crippen LogP contribution in [0.1, 0.15) is 22.0 Å². The van der Waals surface area contributed by atoms with Gasteiger partial charge in [0, 0.05) is 10.9 Å². The summed E-state index contributed by atoms with van der Waals surface area (Å²) in [6.07, 6.45) is -4.69. The lowest BCUT2D eigenvalue weighted by Gasteiger charge is -2.23. The minimum Gasteiger partial charge on any atom is -0.494 e. The maximum atomic E-state index is 13.9. The number of hydrogen-bond acceptors (Lipinski definition) is 3. The molecule has 0 saturated carbocycles. The number of methoxy groups -OCH3 is 1. The number of carbonyl (C=O) groups excluding carboxylic acids is 1. The summed E-state index contributed by atoms with van der Waals surface area (Å²) >= 11 is 0. The van der Waals surface area contributed by atoms with Gasteiger partial charge in [-0.2, -0.15) is 13.2 Å². The number of rotatable bonds is 5. The van der Waals surface area contributed by atoms with Crippen LogP contribution < -0.4 is 10.1 Å². The van der Waals surface area contributed by atoms with E-state index >= 15 is 0 Å². The third-order valence-electron chi connectivity index (χ3n) is 5.06. The van der Waals surface area contributed by atoms with Gasteiger partial charge in [-0.1, -0.05) is 78.9 Å². The Hall–Kier alpha value is -3.87. The zero-order valence-electron chi connectivity index (χ0n) is 17.1. The average molecular weight is 436 g/mol. The summed E-state index contributed by atoms with van der Waals surface area (Å²) in [6, 6.07) is 20.9. The van der Waals surface area contributed by atoms with Crippen molar-refractivity contribution in [2.75, 3.05) is 7.11 Å². The maximum Gasteiger partial charge on any atom is 0.412 e. The number of nitrogens with one attached hydrogen (secondary N) is 1. The topological polar surface area (TPSA) is 51.2 Å². The highest BCUT2D eigenvalue weighted by molar-refractivity contribution is 6.10. The molecule has 162 valence electrons. The van der Waals surface area contributed by atoms with Crippen LogP contribution in [0.3, 0.4) is 0 Å². The van der Waals surface area contributed by atoms with Gasteiger partial charge < -0.3 is 10.1 Å². The van der Waals surface area contributed by atoms with E-state index in [0.29, 0.717) is 22.2 Å². The van der Waals surface area contributed by atoms with Gasteiger partial charge >= 0.3 is 6.18 Å². The van der Waals surface area contributed by atoms with Crippen LogP contribution in [0.15, 0.2) is 84.9 Å². The van der Waals surface area contributed by atoms with Gasteiger partial charge in [-0.25, -0.2) is 4.98 Å². The van der Waals surface area contributed by atoms with Crippen LogP contribution in [-0.4, -0.2) is 24.2 Å². The first kappa shape index (κ1) is 21.4. The van der Waals surface area contributed by atoms with Gasteiger partial charge in [-0.3, -0.25) is 4.79 Å². The van der Waals surface area contributed by atoms with Gasteiger partial charge in [0.15, 0.2) is 11.8 Å². The van der Waals surface area contributed by atoms with E-state index in [1.807, 2.05) is 6.07 Å². The summed E-state index contributed by atoms with van der Waals surface area (Å²) in [5.74, 6) is -0.787. The van der Waals surface area contributed by atoms with E-state index in [2.05, 4.69) is 10.3 Å². The Bertz CT molecular complexity index is 1240. The molecule has 0 saturated heterocycles. The van der Waals surface area contributed by atoms with Gasteiger partial charge in [0.25, 0.3) is 5.91 Å². The molecule has 4 nitrogen and oxygen atoms in total. The summed E-state index contributed by atoms with van der Waals surface area (Å²) in [4.78, 5) is 18.0. The first-order chi connectivity index (χ1) is 15.4. The second-order valence-electron chi connectivity index (χ2n) is 7.11. The quantitative estimate of drug-likeness (QED) is 0.421. The zero-order chi connectivity index (χ0) is 22.7. The molecule has 0 aliphatic heterocycles. The lowest BCUT2D eigenvalue weighted by atomic mass is 10.0. The SMILES string of the molecule is COc1c(-c2ccccc2)nc2ccccc2c1C(=O)N[C@H](c1ccccc1)C(F)(F)F. The van der Waals surface area contributed by atoms with Gasteiger partial charge in [0.1, 0.15) is 5.69 Å². The molecule has 1 heterocycles. The summed E-state index contributed by atoms with van der Waals surface area (Å²) in [6.45, 7) is 0. The third kappa shape index (κ3) is 4.14. The minimum absolute atomic E-state index is 0.00198. The Balaban J connectivity index is 1.88. The van der Waals surface area contributed by atoms with Crippen molar-refractivity contribution in [3.05, 3.63) is 96.1 Å². The molecule has 1 N–H and O–H groups in total. The molecule has 0 fully saturated rings. The molecule has 1 amide bonds. The molecule has 0 radical (unpaired) electrons. The van der Waals surface area contributed by atoms with Crippen molar-refractivity contribution in [3.63, 3.8) is 0 Å². The van der Waals surface area contributed by atoms with Crippen molar-refractivity contribution >= 4 is 16.8 Å². The minimum atomic E-state index is -4.69. The molecular weight excluding hydrogens is 417 g/mol. The molecular formula is C25H19F3N2O2. The molecule has 4 rings (SSSR count). The number of aromatic nitrogens is 1. The van der Waals surface area contributed by atoms with Gasteiger partial charge in [-0.15, -0.1) is 0 Å². The highest BCUT2D eigenvalue weighted by atomic mass is 19.4. The number of para-hydroxylation sites is 1. The van der Waals surface area contributed by atoms with Crippen LogP contribution in [-0.2, 0) is 0 Å². The number of fused-ring (bicyclic) bond motifs is 1. The molecule has 4 aromatic rings. The summed E-state index contributed by atoms with van der Waals surface area (Å²) in [7, 11) is 1.37. The molecule has 0 aliphatic carbocycles. The van der Waals surface area contributed by atoms with Crippen LogP contribution >= 0.6 is 0 Å². The number of nitrogens with zero attached hydrogens (tertiary/aromatic N) is 1. The summed E-state index contributed by atoms with van der Waals surface area (Å²) in [5, 5.41) is 2.56. The second kappa shape index (κ2) is 8.70. The van der Waals surface area contributed by atoms with Crippen molar-refractivity contribution in [1.29, 1.82) is 0 Å². The average Bonchev–Trinajstić information content (AvgIpc) is 2.81. The zero-order valence-corrected chi connectivity index (χ0v) is 17.1. The summed E-state index contributed by atoms with van der Waals surface area (Å²) < 4.78 is 47.1. The van der Waals surface area contributed by atoms with Crippen LogP contribution in [0.25, 0.3) is 22.2 Å². The molecule has 1 aromatic heterocycles. The predicted molar refractivity (Wildman–Crippen MR) is 116 cm³/mol. The monoisotopic (exact) mass is 436 g/mol. The Labute approximate surface area is 182 Å². The van der Waals surface area contributed by atoms with Crippen molar-refractivity contribution in [2.45, 2.75) is 12.2 Å². The molecule has 0 unspecified atom stereocenters. The number of alkyl halides is 3. The van der Waals surface area contributed by atoms with Crippen molar-refractivity contribution in [1.82, 2.24) is 10.3 Å². The molecule has 0 aliphatic rings. The van der Waals surface area contributed by atoms with Crippen molar-refractivity contribution in [2.24, 2.45) is 0 Å². The lowest BCUT2D eigenvalue weighted by Crippen LogP contribution is -2.38. The summed E-state index contributed by atoms with van der Waals surface area (Å²) in [5.41, 5.74) is 1.47. The number of hydrogen-bond donors (Lipinski definition) is 1. The van der Waals surface area contributed by atoms with Crippen LogP contribution in [0.2, 0.25) is 0 Å². The van der Waals surface area contributed by atoms with Crippen molar-refractivity contribution in [3.8, 4) is 17.0 Å². The lowest BCUT2D eigenvalue weighted by molar-refractivity contribution is -0.155. The van der Waals surface area contributed by atoms with E-state index < -0.39 is 18.1 Å². The highest BCUT2D eigenvalue weighted by Crippen LogP contribution is 2.38. The Morgan fingerprint density at radius 3 is 2.12 bits per heavy atom. The maximum absolute atomic E-state index is 13.9. The fraction of sp³-hybridized carbons (Fsp3) is 0.120. The number of carbonyl (C=O) groups is 1. The number of pyridine rings is 1.